The van der Waals surface area contributed by atoms with Crippen LogP contribution >= 0.6 is 0 Å². The van der Waals surface area contributed by atoms with E-state index in [4.69, 9.17) is 9.47 Å². The second kappa shape index (κ2) is 4.85. The molecule has 1 saturated heterocycles. The number of aliphatic hydroxyl groups is 1. The highest BCUT2D eigenvalue weighted by atomic mass is 16.6. The molecule has 24 heavy (non-hydrogen) atoms. The summed E-state index contributed by atoms with van der Waals surface area (Å²) in [5, 5.41) is 10.8. The number of ketones is 1. The summed E-state index contributed by atoms with van der Waals surface area (Å²) >= 11 is 0. The number of hydrogen-bond donors (Lipinski definition) is 1. The van der Waals surface area contributed by atoms with Crippen molar-refractivity contribution in [3.05, 3.63) is 12.3 Å². The Morgan fingerprint density at radius 2 is 1.92 bits per heavy atom. The van der Waals surface area contributed by atoms with E-state index in [2.05, 4.69) is 20.8 Å². The van der Waals surface area contributed by atoms with Crippen molar-refractivity contribution in [2.75, 3.05) is 6.61 Å². The Morgan fingerprint density at radius 1 is 1.17 bits per heavy atom. The van der Waals surface area contributed by atoms with E-state index in [9.17, 15) is 9.90 Å². The second-order valence-electron chi connectivity index (χ2n) is 9.50. The lowest BCUT2D eigenvalue weighted by atomic mass is 9.43. The molecule has 134 valence electrons. The van der Waals surface area contributed by atoms with Gasteiger partial charge in [-0.15, -0.1) is 0 Å². The van der Waals surface area contributed by atoms with Crippen LogP contribution in [0.1, 0.15) is 59.8 Å². The molecule has 0 bridgehead atoms. The van der Waals surface area contributed by atoms with E-state index in [0.717, 1.165) is 32.1 Å². The molecule has 2 saturated carbocycles. The summed E-state index contributed by atoms with van der Waals surface area (Å²) in [7, 11) is 0. The zero-order chi connectivity index (χ0) is 17.4. The van der Waals surface area contributed by atoms with Crippen molar-refractivity contribution in [3.8, 4) is 0 Å². The Labute approximate surface area is 144 Å². The highest BCUT2D eigenvalue weighted by molar-refractivity contribution is 5.88. The SMILES string of the molecule is CC1C(O)C(=O)C2C(C)(C)CCCC2(C)C12CCC1(C=COC1)O2. The molecule has 6 unspecified atom stereocenters. The largest absolute Gasteiger partial charge is 0.498 e. The first kappa shape index (κ1) is 16.6. The topological polar surface area (TPSA) is 55.8 Å². The number of hydrogen-bond acceptors (Lipinski definition) is 4. The van der Waals surface area contributed by atoms with Gasteiger partial charge in [0.1, 0.15) is 18.3 Å². The number of aliphatic hydroxyl groups excluding tert-OH is 1. The summed E-state index contributed by atoms with van der Waals surface area (Å²) in [6.45, 7) is 9.18. The van der Waals surface area contributed by atoms with Crippen LogP contribution < -0.4 is 0 Å². The molecular formula is C20H30O4. The number of carbonyl (C=O) groups excluding carboxylic acids is 1. The van der Waals surface area contributed by atoms with Gasteiger partial charge in [0.15, 0.2) is 5.78 Å². The van der Waals surface area contributed by atoms with E-state index < -0.39 is 11.7 Å². The molecule has 6 atom stereocenters. The molecule has 2 spiro atoms. The molecule has 0 radical (unpaired) electrons. The van der Waals surface area contributed by atoms with Crippen molar-refractivity contribution < 1.29 is 19.4 Å². The van der Waals surface area contributed by atoms with Crippen LogP contribution in [0, 0.1) is 22.7 Å². The van der Waals surface area contributed by atoms with Crippen molar-refractivity contribution in [2.45, 2.75) is 77.1 Å². The van der Waals surface area contributed by atoms with Crippen LogP contribution in [-0.4, -0.2) is 34.8 Å². The van der Waals surface area contributed by atoms with Crippen LogP contribution in [-0.2, 0) is 14.3 Å². The van der Waals surface area contributed by atoms with E-state index in [1.807, 2.05) is 13.0 Å². The average Bonchev–Trinajstić information content (AvgIpc) is 3.12. The molecule has 1 N–H and O–H groups in total. The van der Waals surface area contributed by atoms with Gasteiger partial charge in [-0.1, -0.05) is 34.1 Å². The fourth-order valence-electron chi connectivity index (χ4n) is 6.62. The lowest BCUT2D eigenvalue weighted by Gasteiger charge is -2.63. The normalized spacial score (nSPS) is 52.7. The Morgan fingerprint density at radius 3 is 2.58 bits per heavy atom. The molecular weight excluding hydrogens is 304 g/mol. The number of Topliss-reactive ketones (excluding diaryl/α,β-unsaturated/α-hetero) is 1. The zero-order valence-corrected chi connectivity index (χ0v) is 15.3. The van der Waals surface area contributed by atoms with E-state index in [1.165, 1.54) is 0 Å². The molecule has 3 fully saturated rings. The first-order chi connectivity index (χ1) is 11.2. The van der Waals surface area contributed by atoms with Gasteiger partial charge in [-0.3, -0.25) is 4.79 Å². The summed E-state index contributed by atoms with van der Waals surface area (Å²) in [6.07, 6.45) is 7.76. The highest BCUT2D eigenvalue weighted by Crippen LogP contribution is 2.66. The molecule has 2 heterocycles. The molecule has 2 aliphatic carbocycles. The lowest BCUT2D eigenvalue weighted by Crippen LogP contribution is -2.69. The smallest absolute Gasteiger partial charge is 0.165 e. The van der Waals surface area contributed by atoms with Gasteiger partial charge in [0, 0.05) is 17.3 Å². The third-order valence-electron chi connectivity index (χ3n) is 7.79. The molecule has 0 aromatic rings. The van der Waals surface area contributed by atoms with E-state index in [-0.39, 0.29) is 34.1 Å². The fourth-order valence-corrected chi connectivity index (χ4v) is 6.62. The van der Waals surface area contributed by atoms with Gasteiger partial charge < -0.3 is 14.6 Å². The molecule has 0 aromatic heterocycles. The molecule has 2 aliphatic heterocycles. The predicted octanol–water partition coefficient (Wildman–Crippen LogP) is 3.23. The van der Waals surface area contributed by atoms with Gasteiger partial charge in [0.2, 0.25) is 0 Å². The highest BCUT2D eigenvalue weighted by Gasteiger charge is 2.71. The first-order valence-electron chi connectivity index (χ1n) is 9.39. The van der Waals surface area contributed by atoms with Gasteiger partial charge in [0.05, 0.1) is 11.9 Å². The number of fused-ring (bicyclic) bond motifs is 2. The summed E-state index contributed by atoms with van der Waals surface area (Å²) in [4.78, 5) is 13.1. The van der Waals surface area contributed by atoms with Crippen LogP contribution in [0.2, 0.25) is 0 Å². The Balaban J connectivity index is 1.83. The maximum Gasteiger partial charge on any atom is 0.165 e. The number of ether oxygens (including phenoxy) is 2. The van der Waals surface area contributed by atoms with E-state index >= 15 is 0 Å². The second-order valence-corrected chi connectivity index (χ2v) is 9.50. The zero-order valence-electron chi connectivity index (χ0n) is 15.3. The van der Waals surface area contributed by atoms with Crippen LogP contribution in [0.25, 0.3) is 0 Å². The van der Waals surface area contributed by atoms with Gasteiger partial charge in [-0.05, 0) is 37.2 Å². The number of rotatable bonds is 0. The van der Waals surface area contributed by atoms with Gasteiger partial charge >= 0.3 is 0 Å². The Kier molecular flexibility index (Phi) is 3.35. The molecule has 4 aliphatic rings. The standard InChI is InChI=1S/C20H30O4/c1-13-14(21)15(22)16-17(2,3)6-5-7-18(16,4)20(13)9-8-19(24-20)10-11-23-12-19/h10-11,13-14,16,21H,5-9,12H2,1-4H3. The summed E-state index contributed by atoms with van der Waals surface area (Å²) < 4.78 is 12.3. The quantitative estimate of drug-likeness (QED) is 0.739. The van der Waals surface area contributed by atoms with E-state index in [0.29, 0.717) is 6.61 Å². The predicted molar refractivity (Wildman–Crippen MR) is 90.3 cm³/mol. The minimum absolute atomic E-state index is 0.0306. The van der Waals surface area contributed by atoms with Crippen LogP contribution in [0.15, 0.2) is 12.3 Å². The molecule has 4 heteroatoms. The van der Waals surface area contributed by atoms with Crippen molar-refractivity contribution in [2.24, 2.45) is 22.7 Å². The monoisotopic (exact) mass is 334 g/mol. The summed E-state index contributed by atoms with van der Waals surface area (Å²) in [6, 6.07) is 0. The molecule has 0 aromatic carbocycles. The minimum atomic E-state index is -0.929. The molecule has 0 amide bonds. The van der Waals surface area contributed by atoms with Crippen LogP contribution in [0.5, 0.6) is 0 Å². The third kappa shape index (κ3) is 1.84. The summed E-state index contributed by atoms with van der Waals surface area (Å²) in [5.74, 6) is -0.303. The lowest BCUT2D eigenvalue weighted by molar-refractivity contribution is -0.250. The molecule has 4 rings (SSSR count). The maximum atomic E-state index is 13.1. The van der Waals surface area contributed by atoms with Gasteiger partial charge in [-0.2, -0.15) is 0 Å². The van der Waals surface area contributed by atoms with E-state index in [1.54, 1.807) is 6.26 Å². The number of carbonyl (C=O) groups is 1. The van der Waals surface area contributed by atoms with Crippen molar-refractivity contribution >= 4 is 5.78 Å². The Bertz CT molecular complexity index is 596. The van der Waals surface area contributed by atoms with Gasteiger partial charge in [-0.25, -0.2) is 0 Å². The average molecular weight is 334 g/mol. The Hall–Kier alpha value is -0.870. The third-order valence-corrected chi connectivity index (χ3v) is 7.79. The van der Waals surface area contributed by atoms with Crippen molar-refractivity contribution in [1.82, 2.24) is 0 Å². The van der Waals surface area contributed by atoms with Crippen LogP contribution in [0.4, 0.5) is 0 Å². The van der Waals surface area contributed by atoms with Gasteiger partial charge in [0.25, 0.3) is 0 Å². The molecule has 4 nitrogen and oxygen atoms in total. The minimum Gasteiger partial charge on any atom is -0.498 e. The fraction of sp³-hybridized carbons (Fsp3) is 0.850. The maximum absolute atomic E-state index is 13.1. The van der Waals surface area contributed by atoms with Crippen LogP contribution in [0.3, 0.4) is 0 Å². The first-order valence-corrected chi connectivity index (χ1v) is 9.39. The van der Waals surface area contributed by atoms with Crippen molar-refractivity contribution in [3.63, 3.8) is 0 Å². The summed E-state index contributed by atoms with van der Waals surface area (Å²) in [5.41, 5.74) is -1.16. The van der Waals surface area contributed by atoms with Crippen molar-refractivity contribution in [1.29, 1.82) is 0 Å².